The van der Waals surface area contributed by atoms with Gasteiger partial charge in [-0.05, 0) is 43.6 Å². The number of carbonyl (C=O) groups is 2. The number of furan rings is 1. The lowest BCUT2D eigenvalue weighted by molar-refractivity contribution is -0.158. The van der Waals surface area contributed by atoms with Crippen LogP contribution in [0, 0.1) is 24.2 Å². The van der Waals surface area contributed by atoms with Crippen LogP contribution in [0.1, 0.15) is 81.2 Å². The van der Waals surface area contributed by atoms with Gasteiger partial charge in [0.05, 0.1) is 6.26 Å². The van der Waals surface area contributed by atoms with Gasteiger partial charge in [0.25, 0.3) is 0 Å². The number of Topliss-reactive ketones (excluding diaryl/α,β-unsaturated/α-hetero) is 1. The molecule has 3 rings (SSSR count). The van der Waals surface area contributed by atoms with Gasteiger partial charge in [0.2, 0.25) is 5.78 Å². The molecule has 0 aromatic carbocycles. The fourth-order valence-corrected chi connectivity index (χ4v) is 4.16. The third kappa shape index (κ3) is 2.86. The number of hydrogen-bond donors (Lipinski definition) is 0. The van der Waals surface area contributed by atoms with Crippen molar-refractivity contribution in [1.82, 2.24) is 0 Å². The van der Waals surface area contributed by atoms with Crippen molar-refractivity contribution >= 4 is 11.8 Å². The van der Waals surface area contributed by atoms with E-state index >= 15 is 0 Å². The van der Waals surface area contributed by atoms with Crippen LogP contribution >= 0.6 is 0 Å². The minimum Gasteiger partial charge on any atom is -0.460 e. The van der Waals surface area contributed by atoms with Crippen LogP contribution in [0.2, 0.25) is 0 Å². The van der Waals surface area contributed by atoms with Crippen LogP contribution in [0.4, 0.5) is 0 Å². The Bertz CT molecular complexity index is 724. The Kier molecular flexibility index (Phi) is 4.65. The van der Waals surface area contributed by atoms with Crippen LogP contribution in [0.3, 0.4) is 0 Å². The molecule has 0 spiro atoms. The second-order valence-corrected chi connectivity index (χ2v) is 8.17. The largest absolute Gasteiger partial charge is 0.460 e. The van der Waals surface area contributed by atoms with Gasteiger partial charge >= 0.3 is 5.97 Å². The van der Waals surface area contributed by atoms with Crippen molar-refractivity contribution in [2.45, 2.75) is 66.4 Å². The van der Waals surface area contributed by atoms with E-state index in [-0.39, 0.29) is 17.7 Å². The zero-order chi connectivity index (χ0) is 18.4. The van der Waals surface area contributed by atoms with Crippen LogP contribution in [0.15, 0.2) is 22.3 Å². The smallest absolute Gasteiger partial charge is 0.306 e. The molecule has 0 radical (unpaired) electrons. The van der Waals surface area contributed by atoms with E-state index < -0.39 is 11.5 Å². The number of ketones is 1. The molecule has 3 atom stereocenters. The molecule has 1 heterocycles. The monoisotopic (exact) mass is 344 g/mol. The maximum atomic E-state index is 13.0. The van der Waals surface area contributed by atoms with Crippen LogP contribution in [0.5, 0.6) is 0 Å². The Morgan fingerprint density at radius 3 is 2.84 bits per heavy atom. The van der Waals surface area contributed by atoms with Crippen LogP contribution in [-0.2, 0) is 9.53 Å². The molecular weight excluding hydrogens is 316 g/mol. The number of fused-ring (bicyclic) bond motifs is 2. The van der Waals surface area contributed by atoms with E-state index in [0.717, 1.165) is 36.0 Å². The predicted octanol–water partition coefficient (Wildman–Crippen LogP) is 5.17. The minimum absolute atomic E-state index is 0.0494. The zero-order valence-electron chi connectivity index (χ0n) is 15.8. The summed E-state index contributed by atoms with van der Waals surface area (Å²) >= 11 is 0. The van der Waals surface area contributed by atoms with Gasteiger partial charge in [-0.1, -0.05) is 33.8 Å². The zero-order valence-corrected chi connectivity index (χ0v) is 15.8. The number of aryl methyl sites for hydroxylation is 1. The molecule has 0 fully saturated rings. The molecule has 136 valence electrons. The molecule has 25 heavy (non-hydrogen) atoms. The highest BCUT2D eigenvalue weighted by atomic mass is 16.5. The van der Waals surface area contributed by atoms with E-state index in [0.29, 0.717) is 18.1 Å². The van der Waals surface area contributed by atoms with Gasteiger partial charge in [0, 0.05) is 23.0 Å². The lowest BCUT2D eigenvalue weighted by Gasteiger charge is -2.47. The Morgan fingerprint density at radius 2 is 2.16 bits per heavy atom. The van der Waals surface area contributed by atoms with Crippen molar-refractivity contribution in [2.24, 2.45) is 17.3 Å². The first-order chi connectivity index (χ1) is 11.8. The van der Waals surface area contributed by atoms with Crippen molar-refractivity contribution in [1.29, 1.82) is 0 Å². The van der Waals surface area contributed by atoms with Crippen molar-refractivity contribution in [3.05, 3.63) is 34.8 Å². The lowest BCUT2D eigenvalue weighted by Crippen LogP contribution is -2.44. The number of ether oxygens (including phenoxy) is 1. The number of esters is 1. The fraction of sp³-hybridized carbons (Fsp3) is 0.619. The first-order valence-corrected chi connectivity index (χ1v) is 9.29. The third-order valence-electron chi connectivity index (χ3n) is 6.01. The number of carbonyl (C=O) groups excluding carboxylic acids is 2. The molecule has 2 aliphatic carbocycles. The van der Waals surface area contributed by atoms with Gasteiger partial charge in [0.15, 0.2) is 5.76 Å². The van der Waals surface area contributed by atoms with E-state index in [1.165, 1.54) is 0 Å². The summed E-state index contributed by atoms with van der Waals surface area (Å²) in [5.41, 5.74) is 1.89. The topological polar surface area (TPSA) is 56.5 Å². The van der Waals surface area contributed by atoms with Gasteiger partial charge < -0.3 is 9.15 Å². The molecule has 0 saturated carbocycles. The van der Waals surface area contributed by atoms with E-state index in [1.807, 2.05) is 13.0 Å². The van der Waals surface area contributed by atoms with E-state index in [4.69, 9.17) is 9.15 Å². The van der Waals surface area contributed by atoms with Gasteiger partial charge in [0.1, 0.15) is 6.10 Å². The van der Waals surface area contributed by atoms with Gasteiger partial charge in [-0.2, -0.15) is 0 Å². The standard InChI is InChI=1S/C21H28O4/c1-12(2)9-10-16(22)25-20-17-13(3)11-24-19(17)18(23)15-8-6-7-14(4)21(15,20)5/h8,11-12,14,20H,6-7,9-10H2,1-5H3/t14-,20+,21+/m0/s1. The SMILES string of the molecule is Cc1coc2c1[C@@H](OC(=O)CCC(C)C)[C@@]1(C)C(=CCC[C@@H]1C)C2=O. The molecule has 0 saturated heterocycles. The molecule has 0 unspecified atom stereocenters. The summed E-state index contributed by atoms with van der Waals surface area (Å²) in [7, 11) is 0. The highest BCUT2D eigenvalue weighted by Crippen LogP contribution is 2.57. The van der Waals surface area contributed by atoms with Crippen molar-refractivity contribution in [2.75, 3.05) is 0 Å². The van der Waals surface area contributed by atoms with Gasteiger partial charge in [-0.25, -0.2) is 0 Å². The summed E-state index contributed by atoms with van der Waals surface area (Å²) in [4.78, 5) is 25.5. The van der Waals surface area contributed by atoms with E-state index in [1.54, 1.807) is 6.26 Å². The molecule has 4 heteroatoms. The molecule has 4 nitrogen and oxygen atoms in total. The summed E-state index contributed by atoms with van der Waals surface area (Å²) in [5, 5.41) is 0. The van der Waals surface area contributed by atoms with Crippen LogP contribution in [-0.4, -0.2) is 11.8 Å². The summed E-state index contributed by atoms with van der Waals surface area (Å²) in [5.74, 6) is 0.801. The maximum Gasteiger partial charge on any atom is 0.306 e. The summed E-state index contributed by atoms with van der Waals surface area (Å²) in [6, 6.07) is 0. The molecule has 0 bridgehead atoms. The molecular formula is C21H28O4. The van der Waals surface area contributed by atoms with E-state index in [2.05, 4.69) is 27.7 Å². The molecule has 0 aliphatic heterocycles. The Labute approximate surface area is 149 Å². The first kappa shape index (κ1) is 18.0. The predicted molar refractivity (Wildman–Crippen MR) is 95.3 cm³/mol. The minimum atomic E-state index is -0.496. The summed E-state index contributed by atoms with van der Waals surface area (Å²) in [6.45, 7) is 10.3. The van der Waals surface area contributed by atoms with Gasteiger partial charge in [-0.3, -0.25) is 9.59 Å². The van der Waals surface area contributed by atoms with Crippen molar-refractivity contribution < 1.29 is 18.7 Å². The Balaban J connectivity index is 2.03. The van der Waals surface area contributed by atoms with Crippen molar-refractivity contribution in [3.8, 4) is 0 Å². The fourth-order valence-electron chi connectivity index (χ4n) is 4.16. The second kappa shape index (κ2) is 6.47. The molecule has 0 N–H and O–H groups in total. The first-order valence-electron chi connectivity index (χ1n) is 9.29. The normalized spacial score (nSPS) is 28.4. The summed E-state index contributed by atoms with van der Waals surface area (Å²) in [6.07, 6.45) is 6.22. The molecule has 0 amide bonds. The van der Waals surface area contributed by atoms with Crippen molar-refractivity contribution in [3.63, 3.8) is 0 Å². The second-order valence-electron chi connectivity index (χ2n) is 8.17. The molecule has 1 aromatic rings. The molecule has 2 aliphatic rings. The number of hydrogen-bond acceptors (Lipinski definition) is 4. The number of rotatable bonds is 4. The Morgan fingerprint density at radius 1 is 1.44 bits per heavy atom. The third-order valence-corrected chi connectivity index (χ3v) is 6.01. The maximum absolute atomic E-state index is 13.0. The van der Waals surface area contributed by atoms with Crippen LogP contribution in [0.25, 0.3) is 0 Å². The summed E-state index contributed by atoms with van der Waals surface area (Å²) < 4.78 is 11.6. The highest BCUT2D eigenvalue weighted by molar-refractivity contribution is 6.10. The lowest BCUT2D eigenvalue weighted by atomic mass is 9.58. The average Bonchev–Trinajstić information content (AvgIpc) is 2.93. The average molecular weight is 344 g/mol. The van der Waals surface area contributed by atoms with Crippen LogP contribution < -0.4 is 0 Å². The molecule has 1 aromatic heterocycles. The Hall–Kier alpha value is -1.84. The highest BCUT2D eigenvalue weighted by Gasteiger charge is 2.55. The van der Waals surface area contributed by atoms with E-state index in [9.17, 15) is 9.59 Å². The number of allylic oxidation sites excluding steroid dienone is 1. The van der Waals surface area contributed by atoms with Gasteiger partial charge in [-0.15, -0.1) is 0 Å². The quantitative estimate of drug-likeness (QED) is 0.707.